The first-order valence-corrected chi connectivity index (χ1v) is 9.14. The van der Waals surface area contributed by atoms with E-state index in [2.05, 4.69) is 28.9 Å². The molecule has 1 saturated heterocycles. The van der Waals surface area contributed by atoms with E-state index in [0.29, 0.717) is 12.4 Å². The Kier molecular flexibility index (Phi) is 5.93. The van der Waals surface area contributed by atoms with Crippen LogP contribution in [0.2, 0.25) is 0 Å². The van der Waals surface area contributed by atoms with Gasteiger partial charge in [-0.15, -0.1) is 0 Å². The summed E-state index contributed by atoms with van der Waals surface area (Å²) in [6.07, 6.45) is -4.74. The van der Waals surface area contributed by atoms with Crippen molar-refractivity contribution in [2.75, 3.05) is 25.0 Å². The summed E-state index contributed by atoms with van der Waals surface area (Å²) in [5.41, 5.74) is -0.281. The van der Waals surface area contributed by atoms with E-state index in [-0.39, 0.29) is 11.7 Å². The zero-order valence-corrected chi connectivity index (χ0v) is 15.6. The van der Waals surface area contributed by atoms with E-state index in [9.17, 15) is 17.6 Å². The molecule has 1 N–H and O–H groups in total. The van der Waals surface area contributed by atoms with Crippen molar-refractivity contribution < 1.29 is 17.6 Å². The number of rotatable bonds is 7. The van der Waals surface area contributed by atoms with Gasteiger partial charge in [-0.2, -0.15) is 13.2 Å². The van der Waals surface area contributed by atoms with Crippen LogP contribution < -0.4 is 5.32 Å². The second-order valence-corrected chi connectivity index (χ2v) is 6.86. The lowest BCUT2D eigenvalue weighted by Gasteiger charge is -2.46. The lowest BCUT2D eigenvalue weighted by atomic mass is 10.1. The molecule has 3 nitrogen and oxygen atoms in total. The first-order chi connectivity index (χ1) is 13.3. The minimum atomic E-state index is -4.74. The summed E-state index contributed by atoms with van der Waals surface area (Å²) in [4.78, 5) is 4.24. The molecule has 3 rings (SSSR count). The molecule has 150 valence electrons. The highest BCUT2D eigenvalue weighted by Gasteiger charge is 2.35. The maximum Gasteiger partial charge on any atom is 0.419 e. The van der Waals surface area contributed by atoms with Crippen LogP contribution in [0.25, 0.3) is 0 Å². The third kappa shape index (κ3) is 4.47. The Morgan fingerprint density at radius 3 is 2.43 bits per heavy atom. The Morgan fingerprint density at radius 1 is 1.14 bits per heavy atom. The van der Waals surface area contributed by atoms with Gasteiger partial charge in [0.15, 0.2) is 5.82 Å². The molecule has 2 aromatic rings. The van der Waals surface area contributed by atoms with Crippen molar-refractivity contribution in [3.63, 3.8) is 0 Å². The molecule has 1 aliphatic heterocycles. The Morgan fingerprint density at radius 2 is 1.82 bits per heavy atom. The van der Waals surface area contributed by atoms with Crippen molar-refractivity contribution in [1.29, 1.82) is 0 Å². The van der Waals surface area contributed by atoms with Crippen LogP contribution in [-0.2, 0) is 12.7 Å². The second-order valence-electron chi connectivity index (χ2n) is 6.86. The quantitative estimate of drug-likeness (QED) is 0.673. The van der Waals surface area contributed by atoms with E-state index in [1.54, 1.807) is 0 Å². The van der Waals surface area contributed by atoms with Gasteiger partial charge in [-0.1, -0.05) is 43.0 Å². The topological polar surface area (TPSA) is 18.5 Å². The molecule has 0 aliphatic carbocycles. The van der Waals surface area contributed by atoms with Crippen LogP contribution in [-0.4, -0.2) is 35.5 Å². The summed E-state index contributed by atoms with van der Waals surface area (Å²) in [5.74, 6) is -0.920. The highest BCUT2D eigenvalue weighted by Crippen LogP contribution is 2.34. The van der Waals surface area contributed by atoms with Crippen molar-refractivity contribution in [2.45, 2.75) is 25.7 Å². The van der Waals surface area contributed by atoms with Crippen LogP contribution >= 0.6 is 0 Å². The number of halogens is 4. The maximum absolute atomic E-state index is 14.2. The van der Waals surface area contributed by atoms with Crippen molar-refractivity contribution in [1.82, 2.24) is 9.80 Å². The Hall–Kier alpha value is -2.54. The molecule has 0 atom stereocenters. The number of nitrogens with one attached hydrogen (secondary N) is 1. The van der Waals surface area contributed by atoms with Gasteiger partial charge in [0.25, 0.3) is 0 Å². The Balaban J connectivity index is 1.61. The summed E-state index contributed by atoms with van der Waals surface area (Å²) in [6, 6.07) is 13.5. The van der Waals surface area contributed by atoms with Gasteiger partial charge in [0.05, 0.1) is 23.1 Å². The predicted molar refractivity (Wildman–Crippen MR) is 102 cm³/mol. The van der Waals surface area contributed by atoms with Crippen LogP contribution in [0.5, 0.6) is 0 Å². The number of hydrogen-bond donors (Lipinski definition) is 1. The van der Waals surface area contributed by atoms with E-state index >= 15 is 0 Å². The minimum Gasteiger partial charge on any atom is -0.353 e. The first kappa shape index (κ1) is 20.2. The number of benzene rings is 2. The van der Waals surface area contributed by atoms with Crippen molar-refractivity contribution in [3.8, 4) is 0 Å². The van der Waals surface area contributed by atoms with Gasteiger partial charge in [-0.3, -0.25) is 4.90 Å². The maximum atomic E-state index is 14.2. The predicted octanol–water partition coefficient (Wildman–Crippen LogP) is 4.93. The van der Waals surface area contributed by atoms with Crippen LogP contribution in [0.4, 0.5) is 23.2 Å². The number of alkyl halides is 3. The normalized spacial score (nSPS) is 15.2. The molecule has 0 bridgehead atoms. The van der Waals surface area contributed by atoms with E-state index in [1.165, 1.54) is 17.7 Å². The molecule has 1 heterocycles. The van der Waals surface area contributed by atoms with Gasteiger partial charge < -0.3 is 10.2 Å². The summed E-state index contributed by atoms with van der Waals surface area (Å²) in [6.45, 7) is 8.95. The molecular formula is C21H23F4N3. The smallest absolute Gasteiger partial charge is 0.353 e. The molecule has 0 radical (unpaired) electrons. The van der Waals surface area contributed by atoms with Crippen molar-refractivity contribution >= 4 is 5.69 Å². The molecule has 28 heavy (non-hydrogen) atoms. The first-order valence-electron chi connectivity index (χ1n) is 9.14. The van der Waals surface area contributed by atoms with E-state index in [4.69, 9.17) is 0 Å². The second kappa shape index (κ2) is 8.22. The minimum absolute atomic E-state index is 0.183. The molecule has 0 saturated carbocycles. The molecule has 0 spiro atoms. The molecule has 2 aromatic carbocycles. The average Bonchev–Trinajstić information content (AvgIpc) is 2.61. The Labute approximate surface area is 162 Å². The van der Waals surface area contributed by atoms with Crippen LogP contribution in [0.15, 0.2) is 60.9 Å². The fourth-order valence-electron chi connectivity index (χ4n) is 3.45. The molecule has 1 fully saturated rings. The molecule has 1 aliphatic rings. The van der Waals surface area contributed by atoms with Crippen LogP contribution in [0.1, 0.15) is 18.1 Å². The summed E-state index contributed by atoms with van der Waals surface area (Å²) < 4.78 is 52.9. The van der Waals surface area contributed by atoms with Crippen molar-refractivity contribution in [3.05, 3.63) is 77.9 Å². The van der Waals surface area contributed by atoms with Gasteiger partial charge in [0, 0.05) is 26.2 Å². The van der Waals surface area contributed by atoms with Crippen LogP contribution in [0, 0.1) is 5.82 Å². The fraction of sp³-hybridized carbons (Fsp3) is 0.333. The average molecular weight is 393 g/mol. The third-order valence-corrected chi connectivity index (χ3v) is 4.90. The van der Waals surface area contributed by atoms with E-state index in [1.807, 2.05) is 30.0 Å². The van der Waals surface area contributed by atoms with E-state index < -0.39 is 17.6 Å². The lowest BCUT2D eigenvalue weighted by molar-refractivity contribution is -0.139. The highest BCUT2D eigenvalue weighted by molar-refractivity contribution is 5.52. The summed E-state index contributed by atoms with van der Waals surface area (Å²) in [5, 5.41) is 2.73. The monoisotopic (exact) mass is 393 g/mol. The van der Waals surface area contributed by atoms with Gasteiger partial charge >= 0.3 is 6.18 Å². The zero-order chi connectivity index (χ0) is 20.3. The highest BCUT2D eigenvalue weighted by atomic mass is 19.4. The van der Waals surface area contributed by atoms with Gasteiger partial charge in [-0.05, 0) is 24.6 Å². The number of likely N-dealkylation sites (N-methyl/N-ethyl adjacent to an activating group) is 1. The van der Waals surface area contributed by atoms with E-state index in [0.717, 1.165) is 25.7 Å². The molecule has 0 unspecified atom stereocenters. The Bertz CT molecular complexity index is 814. The lowest BCUT2D eigenvalue weighted by Crippen LogP contribution is -2.58. The third-order valence-electron chi connectivity index (χ3n) is 4.90. The summed E-state index contributed by atoms with van der Waals surface area (Å²) in [7, 11) is 0. The molecular weight excluding hydrogens is 370 g/mol. The standard InChI is InChI=1S/C21H23F4N3/c1-3-28(17-13-27(14-17)12-16-8-5-4-6-9-16)15(2)26-19-11-7-10-18(20(19)22)21(23,24)25/h4-11,17,26H,2-3,12-14H2,1H3. The SMILES string of the molecule is C=C(Nc1cccc(C(F)(F)F)c1F)N(CC)C1CN(Cc2ccccc2)C1. The summed E-state index contributed by atoms with van der Waals surface area (Å²) >= 11 is 0. The fourth-order valence-corrected chi connectivity index (χ4v) is 3.45. The number of nitrogens with zero attached hydrogens (tertiary/aromatic N) is 2. The van der Waals surface area contributed by atoms with Gasteiger partial charge in [-0.25, -0.2) is 4.39 Å². The van der Waals surface area contributed by atoms with Crippen LogP contribution in [0.3, 0.4) is 0 Å². The zero-order valence-electron chi connectivity index (χ0n) is 15.6. The molecule has 0 amide bonds. The molecule has 0 aromatic heterocycles. The number of anilines is 1. The molecule has 7 heteroatoms. The largest absolute Gasteiger partial charge is 0.419 e. The number of hydrogen-bond acceptors (Lipinski definition) is 3. The van der Waals surface area contributed by atoms with Gasteiger partial charge in [0.1, 0.15) is 0 Å². The van der Waals surface area contributed by atoms with Crippen molar-refractivity contribution in [2.24, 2.45) is 0 Å². The van der Waals surface area contributed by atoms with Gasteiger partial charge in [0.2, 0.25) is 0 Å². The number of likely N-dealkylation sites (tertiary alicyclic amines) is 1.